The molecule has 5 nitrogen and oxygen atoms in total. The lowest BCUT2D eigenvalue weighted by atomic mass is 10.2. The Balaban J connectivity index is 1.95. The Hall–Kier alpha value is -2.69. The number of hydrogen-bond donors (Lipinski definition) is 1. The van der Waals surface area contributed by atoms with Gasteiger partial charge in [0.1, 0.15) is 11.4 Å². The van der Waals surface area contributed by atoms with E-state index < -0.39 is 17.9 Å². The fourth-order valence-corrected chi connectivity index (χ4v) is 2.47. The number of para-hydroxylation sites is 1. The molecule has 0 spiro atoms. The molecule has 0 unspecified atom stereocenters. The van der Waals surface area contributed by atoms with Gasteiger partial charge in [-0.2, -0.15) is 0 Å². The van der Waals surface area contributed by atoms with Gasteiger partial charge in [0, 0.05) is 6.20 Å². The van der Waals surface area contributed by atoms with Crippen LogP contribution in [0.25, 0.3) is 10.9 Å². The van der Waals surface area contributed by atoms with Crippen molar-refractivity contribution in [1.29, 1.82) is 0 Å². The average Bonchev–Trinajstić information content (AvgIpc) is 3.13. The van der Waals surface area contributed by atoms with E-state index in [4.69, 9.17) is 9.15 Å². The molecule has 0 bridgehead atoms. The van der Waals surface area contributed by atoms with Crippen molar-refractivity contribution in [1.82, 2.24) is 9.88 Å². The Kier molecular flexibility index (Phi) is 3.86. The van der Waals surface area contributed by atoms with Crippen molar-refractivity contribution < 1.29 is 13.9 Å². The summed E-state index contributed by atoms with van der Waals surface area (Å²) in [6, 6.07) is 13.6. The number of carbonyl (C=O) groups excluding carboxylic acids is 1. The highest BCUT2D eigenvalue weighted by atomic mass is 16.6. The molecule has 1 N–H and O–H groups in total. The van der Waals surface area contributed by atoms with Crippen LogP contribution in [-0.4, -0.2) is 16.3 Å². The molecule has 0 saturated heterocycles. The van der Waals surface area contributed by atoms with Gasteiger partial charge < -0.3 is 13.7 Å². The first-order valence-corrected chi connectivity index (χ1v) is 7.52. The van der Waals surface area contributed by atoms with Crippen molar-refractivity contribution in [2.45, 2.75) is 32.5 Å². The van der Waals surface area contributed by atoms with Crippen LogP contribution < -0.4 is 5.32 Å². The zero-order valence-corrected chi connectivity index (χ0v) is 13.4. The van der Waals surface area contributed by atoms with Gasteiger partial charge >= 0.3 is 6.09 Å². The van der Waals surface area contributed by atoms with E-state index in [9.17, 15) is 4.79 Å². The number of ether oxygens (including phenoxy) is 1. The van der Waals surface area contributed by atoms with Crippen molar-refractivity contribution in [2.24, 2.45) is 0 Å². The van der Waals surface area contributed by atoms with E-state index in [-0.39, 0.29) is 0 Å². The van der Waals surface area contributed by atoms with Crippen molar-refractivity contribution >= 4 is 17.0 Å². The van der Waals surface area contributed by atoms with Crippen LogP contribution in [-0.2, 0) is 4.74 Å². The minimum Gasteiger partial charge on any atom is -0.465 e. The maximum atomic E-state index is 12.2. The Morgan fingerprint density at radius 3 is 2.65 bits per heavy atom. The molecule has 3 aromatic rings. The lowest BCUT2D eigenvalue weighted by Crippen LogP contribution is -2.37. The number of furan rings is 1. The van der Waals surface area contributed by atoms with E-state index in [1.165, 1.54) is 0 Å². The smallest absolute Gasteiger partial charge is 0.409 e. The molecule has 0 fully saturated rings. The molecule has 0 aliphatic heterocycles. The summed E-state index contributed by atoms with van der Waals surface area (Å²) in [5.74, 6) is 0.636. The van der Waals surface area contributed by atoms with Crippen LogP contribution in [0.3, 0.4) is 0 Å². The summed E-state index contributed by atoms with van der Waals surface area (Å²) in [5, 5.41) is 3.97. The Bertz CT molecular complexity index is 797. The van der Waals surface area contributed by atoms with Gasteiger partial charge in [0.25, 0.3) is 0 Å². The predicted octanol–water partition coefficient (Wildman–Crippen LogP) is 4.31. The summed E-state index contributed by atoms with van der Waals surface area (Å²) >= 11 is 0. The number of nitrogens with one attached hydrogen (secondary N) is 1. The zero-order valence-electron chi connectivity index (χ0n) is 13.4. The van der Waals surface area contributed by atoms with E-state index in [0.717, 1.165) is 10.9 Å². The molecule has 2 heterocycles. The molecule has 3 rings (SSSR count). The van der Waals surface area contributed by atoms with Crippen LogP contribution in [0.4, 0.5) is 4.79 Å². The molecule has 23 heavy (non-hydrogen) atoms. The first-order chi connectivity index (χ1) is 10.9. The minimum atomic E-state index is -0.559. The lowest BCUT2D eigenvalue weighted by Gasteiger charge is -2.24. The van der Waals surface area contributed by atoms with E-state index in [0.29, 0.717) is 5.76 Å². The van der Waals surface area contributed by atoms with E-state index >= 15 is 0 Å². The van der Waals surface area contributed by atoms with Gasteiger partial charge in [0.15, 0.2) is 6.17 Å². The second kappa shape index (κ2) is 5.83. The molecule has 0 aliphatic rings. The lowest BCUT2D eigenvalue weighted by molar-refractivity contribution is 0.0489. The summed E-state index contributed by atoms with van der Waals surface area (Å²) in [5.41, 5.74) is 0.446. The number of alkyl carbamates (subject to hydrolysis) is 1. The van der Waals surface area contributed by atoms with Gasteiger partial charge in [0.2, 0.25) is 0 Å². The number of carbonyl (C=O) groups is 1. The monoisotopic (exact) mass is 312 g/mol. The number of rotatable bonds is 3. The number of hydrogen-bond acceptors (Lipinski definition) is 3. The van der Waals surface area contributed by atoms with Crippen LogP contribution in [0, 0.1) is 0 Å². The third kappa shape index (κ3) is 3.39. The maximum Gasteiger partial charge on any atom is 0.409 e. The molecule has 5 heteroatoms. The van der Waals surface area contributed by atoms with E-state index in [1.807, 2.05) is 67.9 Å². The maximum absolute atomic E-state index is 12.2. The first kappa shape index (κ1) is 15.2. The van der Waals surface area contributed by atoms with Gasteiger partial charge in [-0.25, -0.2) is 4.79 Å². The number of amides is 1. The summed E-state index contributed by atoms with van der Waals surface area (Å²) < 4.78 is 12.8. The van der Waals surface area contributed by atoms with Gasteiger partial charge in [-0.05, 0) is 50.4 Å². The fraction of sp³-hybridized carbons (Fsp3) is 0.278. The third-order valence-corrected chi connectivity index (χ3v) is 3.37. The molecule has 1 atom stereocenters. The molecule has 0 radical (unpaired) electrons. The molecule has 1 amide bonds. The van der Waals surface area contributed by atoms with Crippen LogP contribution in [0.1, 0.15) is 32.7 Å². The topological polar surface area (TPSA) is 56.4 Å². The fourth-order valence-electron chi connectivity index (χ4n) is 2.47. The highest BCUT2D eigenvalue weighted by molar-refractivity contribution is 5.80. The van der Waals surface area contributed by atoms with Crippen LogP contribution in [0.2, 0.25) is 0 Å². The first-order valence-electron chi connectivity index (χ1n) is 7.52. The van der Waals surface area contributed by atoms with Crippen molar-refractivity contribution in [3.63, 3.8) is 0 Å². The molecular formula is C18H20N2O3. The second-order valence-electron chi connectivity index (χ2n) is 6.35. The summed E-state index contributed by atoms with van der Waals surface area (Å²) in [6.45, 7) is 5.50. The number of aromatic nitrogens is 1. The van der Waals surface area contributed by atoms with Crippen LogP contribution >= 0.6 is 0 Å². The molecule has 0 saturated carbocycles. The van der Waals surface area contributed by atoms with Crippen molar-refractivity contribution in [3.8, 4) is 0 Å². The molecule has 1 aromatic carbocycles. The molecular weight excluding hydrogens is 292 g/mol. The van der Waals surface area contributed by atoms with Crippen molar-refractivity contribution in [2.75, 3.05) is 0 Å². The molecule has 0 aliphatic carbocycles. The number of nitrogens with zero attached hydrogens (tertiary/aromatic N) is 1. The zero-order chi connectivity index (χ0) is 16.4. The largest absolute Gasteiger partial charge is 0.465 e. The third-order valence-electron chi connectivity index (χ3n) is 3.37. The number of benzene rings is 1. The van der Waals surface area contributed by atoms with Gasteiger partial charge in [-0.3, -0.25) is 5.32 Å². The predicted molar refractivity (Wildman–Crippen MR) is 88.2 cm³/mol. The van der Waals surface area contributed by atoms with E-state index in [1.54, 1.807) is 12.3 Å². The Morgan fingerprint density at radius 2 is 1.96 bits per heavy atom. The highest BCUT2D eigenvalue weighted by Crippen LogP contribution is 2.24. The van der Waals surface area contributed by atoms with E-state index in [2.05, 4.69) is 5.32 Å². The summed E-state index contributed by atoms with van der Waals surface area (Å²) in [4.78, 5) is 12.2. The summed E-state index contributed by atoms with van der Waals surface area (Å²) in [6.07, 6.45) is 2.55. The van der Waals surface area contributed by atoms with Crippen LogP contribution in [0.15, 0.2) is 59.3 Å². The van der Waals surface area contributed by atoms with Gasteiger partial charge in [-0.1, -0.05) is 18.2 Å². The van der Waals surface area contributed by atoms with Crippen LogP contribution in [0.5, 0.6) is 0 Å². The standard InChI is InChI=1S/C18H20N2O3/c1-18(2,3)23-17(21)19-16(15-9-6-12-22-15)20-11-10-13-7-4-5-8-14(13)20/h4-12,16H,1-3H3,(H,19,21)/t16-/m1/s1. The normalized spacial score (nSPS) is 13.0. The van der Waals surface area contributed by atoms with Gasteiger partial charge in [0.05, 0.1) is 11.8 Å². The van der Waals surface area contributed by atoms with Crippen molar-refractivity contribution in [3.05, 3.63) is 60.7 Å². The SMILES string of the molecule is CC(C)(C)OC(=O)N[C@@H](c1ccco1)n1ccc2ccccc21. The molecule has 2 aromatic heterocycles. The second-order valence-corrected chi connectivity index (χ2v) is 6.35. The Labute approximate surface area is 134 Å². The molecule has 120 valence electrons. The summed E-state index contributed by atoms with van der Waals surface area (Å²) in [7, 11) is 0. The average molecular weight is 312 g/mol. The quantitative estimate of drug-likeness (QED) is 0.784. The highest BCUT2D eigenvalue weighted by Gasteiger charge is 2.24. The Morgan fingerprint density at radius 1 is 1.17 bits per heavy atom. The van der Waals surface area contributed by atoms with Gasteiger partial charge in [-0.15, -0.1) is 0 Å². The number of fused-ring (bicyclic) bond motifs is 1. The minimum absolute atomic E-state index is 0.472.